The van der Waals surface area contributed by atoms with Gasteiger partial charge in [0.05, 0.1) is 5.02 Å². The fraction of sp³-hybridized carbons (Fsp3) is 0.0769. The second-order valence-electron chi connectivity index (χ2n) is 3.61. The molecule has 0 atom stereocenters. The molecular weight excluding hydrogens is 281 g/mol. The molecule has 18 heavy (non-hydrogen) atoms. The molecule has 2 aromatic rings. The molecule has 0 heterocycles. The average Bonchev–Trinajstić information content (AvgIpc) is 2.35. The molecule has 0 N–H and O–H groups in total. The molecule has 0 aliphatic rings. The zero-order chi connectivity index (χ0) is 13.1. The molecule has 0 spiro atoms. The lowest BCUT2D eigenvalue weighted by molar-refractivity contribution is 0.507. The largest absolute Gasteiger partial charge is 0.205 e. The van der Waals surface area contributed by atoms with Gasteiger partial charge in [-0.25, -0.2) is 13.2 Å². The Bertz CT molecular complexity index is 521. The van der Waals surface area contributed by atoms with Crippen LogP contribution in [0.1, 0.15) is 5.56 Å². The summed E-state index contributed by atoms with van der Waals surface area (Å²) in [6, 6.07) is 8.11. The third kappa shape index (κ3) is 3.21. The highest BCUT2D eigenvalue weighted by molar-refractivity contribution is 7.98. The summed E-state index contributed by atoms with van der Waals surface area (Å²) in [5, 5.41) is 0.0466. The van der Waals surface area contributed by atoms with Gasteiger partial charge in [-0.3, -0.25) is 0 Å². The number of hydrogen-bond donors (Lipinski definition) is 0. The SMILES string of the molecule is Fc1ccc(CSc2ccc(F)c(Cl)c2)cc1F. The van der Waals surface area contributed by atoms with Crippen LogP contribution >= 0.6 is 23.4 Å². The molecule has 0 unspecified atom stereocenters. The molecule has 2 aromatic carbocycles. The fourth-order valence-electron chi connectivity index (χ4n) is 1.36. The van der Waals surface area contributed by atoms with Crippen LogP contribution in [0.15, 0.2) is 41.3 Å². The van der Waals surface area contributed by atoms with Crippen molar-refractivity contribution in [2.24, 2.45) is 0 Å². The Morgan fingerprint density at radius 2 is 1.61 bits per heavy atom. The molecule has 0 radical (unpaired) electrons. The molecule has 0 saturated carbocycles. The van der Waals surface area contributed by atoms with E-state index in [-0.39, 0.29) is 5.02 Å². The second-order valence-corrected chi connectivity index (χ2v) is 5.07. The summed E-state index contributed by atoms with van der Waals surface area (Å²) in [5.74, 6) is -1.76. The van der Waals surface area contributed by atoms with Gasteiger partial charge in [0, 0.05) is 10.6 Å². The predicted molar refractivity (Wildman–Crippen MR) is 67.3 cm³/mol. The van der Waals surface area contributed by atoms with E-state index in [1.807, 2.05) is 0 Å². The Labute approximate surface area is 112 Å². The van der Waals surface area contributed by atoms with Crippen LogP contribution in [-0.2, 0) is 5.75 Å². The minimum Gasteiger partial charge on any atom is -0.205 e. The lowest BCUT2D eigenvalue weighted by Gasteiger charge is -2.04. The van der Waals surface area contributed by atoms with Gasteiger partial charge in [0.25, 0.3) is 0 Å². The minimum atomic E-state index is -0.870. The van der Waals surface area contributed by atoms with Crippen LogP contribution in [0.4, 0.5) is 13.2 Å². The Balaban J connectivity index is 2.06. The maximum absolute atomic E-state index is 13.0. The van der Waals surface area contributed by atoms with E-state index in [9.17, 15) is 13.2 Å². The summed E-state index contributed by atoms with van der Waals surface area (Å²) in [6.07, 6.45) is 0. The average molecular weight is 289 g/mol. The second kappa shape index (κ2) is 5.67. The molecule has 0 bridgehead atoms. The van der Waals surface area contributed by atoms with Crippen LogP contribution in [0.5, 0.6) is 0 Å². The first-order valence-electron chi connectivity index (χ1n) is 5.08. The normalized spacial score (nSPS) is 10.7. The number of thioether (sulfide) groups is 1. The summed E-state index contributed by atoms with van der Waals surface area (Å²) >= 11 is 7.01. The van der Waals surface area contributed by atoms with Gasteiger partial charge in [-0.2, -0.15) is 0 Å². The Kier molecular flexibility index (Phi) is 4.19. The van der Waals surface area contributed by atoms with Crippen LogP contribution in [0.3, 0.4) is 0 Å². The highest BCUT2D eigenvalue weighted by Crippen LogP contribution is 2.27. The molecule has 5 heteroatoms. The predicted octanol–water partition coefficient (Wildman–Crippen LogP) is 5.05. The molecule has 0 saturated heterocycles. The standard InChI is InChI=1S/C13H8ClF3S/c14-10-6-9(2-4-11(10)15)18-7-8-1-3-12(16)13(17)5-8/h1-6H,7H2. The van der Waals surface area contributed by atoms with E-state index in [2.05, 4.69) is 0 Å². The van der Waals surface area contributed by atoms with Crippen LogP contribution in [0, 0.1) is 17.5 Å². The molecular formula is C13H8ClF3S. The molecule has 94 valence electrons. The van der Waals surface area contributed by atoms with Crippen molar-refractivity contribution in [3.8, 4) is 0 Å². The Morgan fingerprint density at radius 3 is 2.28 bits per heavy atom. The van der Waals surface area contributed by atoms with Gasteiger partial charge in [0.15, 0.2) is 11.6 Å². The summed E-state index contributed by atoms with van der Waals surface area (Å²) in [5.41, 5.74) is 0.652. The van der Waals surface area contributed by atoms with Crippen LogP contribution < -0.4 is 0 Å². The van der Waals surface area contributed by atoms with Crippen molar-refractivity contribution in [1.82, 2.24) is 0 Å². The number of benzene rings is 2. The zero-order valence-corrected chi connectivity index (χ0v) is 10.7. The molecule has 0 aliphatic carbocycles. The van der Waals surface area contributed by atoms with E-state index in [0.717, 1.165) is 17.0 Å². The van der Waals surface area contributed by atoms with Crippen molar-refractivity contribution in [3.63, 3.8) is 0 Å². The van der Waals surface area contributed by atoms with Gasteiger partial charge < -0.3 is 0 Å². The van der Waals surface area contributed by atoms with E-state index >= 15 is 0 Å². The molecule has 0 nitrogen and oxygen atoms in total. The van der Waals surface area contributed by atoms with E-state index in [4.69, 9.17) is 11.6 Å². The third-order valence-electron chi connectivity index (χ3n) is 2.28. The van der Waals surface area contributed by atoms with Crippen molar-refractivity contribution >= 4 is 23.4 Å². The topological polar surface area (TPSA) is 0 Å². The first-order valence-corrected chi connectivity index (χ1v) is 6.44. The van der Waals surface area contributed by atoms with E-state index in [1.165, 1.54) is 30.0 Å². The Hall–Kier alpha value is -1.13. The van der Waals surface area contributed by atoms with E-state index in [1.54, 1.807) is 6.07 Å². The Morgan fingerprint density at radius 1 is 0.889 bits per heavy atom. The van der Waals surface area contributed by atoms with E-state index < -0.39 is 17.5 Å². The summed E-state index contributed by atoms with van der Waals surface area (Å²) in [4.78, 5) is 0.770. The molecule has 0 fully saturated rings. The first-order chi connectivity index (χ1) is 8.56. The van der Waals surface area contributed by atoms with Crippen molar-refractivity contribution in [2.45, 2.75) is 10.6 Å². The maximum Gasteiger partial charge on any atom is 0.159 e. The summed E-state index contributed by atoms with van der Waals surface area (Å²) in [7, 11) is 0. The minimum absolute atomic E-state index is 0.0466. The van der Waals surface area contributed by atoms with E-state index in [0.29, 0.717) is 11.3 Å². The maximum atomic E-state index is 13.0. The van der Waals surface area contributed by atoms with Gasteiger partial charge in [-0.15, -0.1) is 11.8 Å². The molecule has 0 aromatic heterocycles. The first kappa shape index (κ1) is 13.3. The van der Waals surface area contributed by atoms with Crippen molar-refractivity contribution in [2.75, 3.05) is 0 Å². The number of hydrogen-bond acceptors (Lipinski definition) is 1. The lowest BCUT2D eigenvalue weighted by Crippen LogP contribution is -1.87. The van der Waals surface area contributed by atoms with Crippen molar-refractivity contribution < 1.29 is 13.2 Å². The van der Waals surface area contributed by atoms with Gasteiger partial charge in [0.2, 0.25) is 0 Å². The number of rotatable bonds is 3. The van der Waals surface area contributed by atoms with Crippen LogP contribution in [0.2, 0.25) is 5.02 Å². The van der Waals surface area contributed by atoms with Gasteiger partial charge >= 0.3 is 0 Å². The summed E-state index contributed by atoms with van der Waals surface area (Å²) < 4.78 is 38.6. The van der Waals surface area contributed by atoms with Crippen LogP contribution in [0.25, 0.3) is 0 Å². The highest BCUT2D eigenvalue weighted by Gasteiger charge is 2.05. The zero-order valence-electron chi connectivity index (χ0n) is 9.09. The van der Waals surface area contributed by atoms with Crippen molar-refractivity contribution in [3.05, 3.63) is 64.4 Å². The molecule has 0 aliphatic heterocycles. The third-order valence-corrected chi connectivity index (χ3v) is 3.64. The van der Waals surface area contributed by atoms with Gasteiger partial charge in [-0.1, -0.05) is 17.7 Å². The molecule has 0 amide bonds. The molecule has 2 rings (SSSR count). The monoisotopic (exact) mass is 288 g/mol. The quantitative estimate of drug-likeness (QED) is 0.712. The smallest absolute Gasteiger partial charge is 0.159 e. The fourth-order valence-corrected chi connectivity index (χ4v) is 2.49. The lowest BCUT2D eigenvalue weighted by atomic mass is 10.2. The highest BCUT2D eigenvalue weighted by atomic mass is 35.5. The van der Waals surface area contributed by atoms with Crippen molar-refractivity contribution in [1.29, 1.82) is 0 Å². The van der Waals surface area contributed by atoms with Gasteiger partial charge in [0.1, 0.15) is 5.82 Å². The van der Waals surface area contributed by atoms with Gasteiger partial charge in [-0.05, 0) is 35.9 Å². The number of halogens is 4. The van der Waals surface area contributed by atoms with Crippen LogP contribution in [-0.4, -0.2) is 0 Å². The summed E-state index contributed by atoms with van der Waals surface area (Å²) in [6.45, 7) is 0.